The number of carbonyl (C=O) groups is 1. The molecule has 1 aliphatic rings. The highest BCUT2D eigenvalue weighted by Crippen LogP contribution is 2.28. The van der Waals surface area contributed by atoms with Gasteiger partial charge in [-0.15, -0.1) is 0 Å². The molecule has 62 valence electrons. The number of nitrogens with zero attached hydrogens (tertiary/aromatic N) is 1. The van der Waals surface area contributed by atoms with Crippen molar-refractivity contribution in [1.82, 2.24) is 4.90 Å². The van der Waals surface area contributed by atoms with Gasteiger partial charge in [0.1, 0.15) is 0 Å². The highest BCUT2D eigenvalue weighted by Gasteiger charge is 2.37. The average Bonchev–Trinajstić information content (AvgIpc) is 2.08. The van der Waals surface area contributed by atoms with Gasteiger partial charge in [-0.05, 0) is 33.5 Å². The number of rotatable bonds is 1. The molecular weight excluding hydrogens is 142 g/mol. The fraction of sp³-hybridized carbons (Fsp3) is 0.625. The Kier molecular flexibility index (Phi) is 1.76. The van der Waals surface area contributed by atoms with Crippen LogP contribution >= 0.6 is 0 Å². The second-order valence-electron chi connectivity index (χ2n) is 3.13. The van der Waals surface area contributed by atoms with Gasteiger partial charge in [0.2, 0.25) is 0 Å². The van der Waals surface area contributed by atoms with Crippen LogP contribution in [0.2, 0.25) is 0 Å². The molecule has 0 spiro atoms. The van der Waals surface area contributed by atoms with Crippen molar-refractivity contribution in [2.45, 2.75) is 19.6 Å². The molecule has 0 fully saturated rings. The Morgan fingerprint density at radius 3 is 2.27 bits per heavy atom. The van der Waals surface area contributed by atoms with Gasteiger partial charge in [-0.1, -0.05) is 0 Å². The molecule has 1 unspecified atom stereocenters. The van der Waals surface area contributed by atoms with Crippen LogP contribution < -0.4 is 0 Å². The van der Waals surface area contributed by atoms with Crippen LogP contribution in [0.5, 0.6) is 0 Å². The fourth-order valence-corrected chi connectivity index (χ4v) is 1.06. The minimum Gasteiger partial charge on any atom is -0.437 e. The van der Waals surface area contributed by atoms with Crippen LogP contribution in [0.25, 0.3) is 0 Å². The molecule has 0 bridgehead atoms. The number of ether oxygens (including phenoxy) is 1. The Hall–Kier alpha value is -0.830. The van der Waals surface area contributed by atoms with Crippen molar-refractivity contribution in [2.75, 3.05) is 14.1 Å². The van der Waals surface area contributed by atoms with E-state index < -0.39 is 5.72 Å². The van der Waals surface area contributed by atoms with Crippen LogP contribution in [0.3, 0.4) is 0 Å². The number of likely N-dealkylation sites (N-methyl/N-ethyl adjacent to an activating group) is 1. The molecule has 0 aromatic rings. The smallest absolute Gasteiger partial charge is 0.332 e. The summed E-state index contributed by atoms with van der Waals surface area (Å²) in [4.78, 5) is 12.7. The lowest BCUT2D eigenvalue weighted by Gasteiger charge is -2.32. The molecule has 0 saturated carbocycles. The maximum atomic E-state index is 10.8. The van der Waals surface area contributed by atoms with Gasteiger partial charge in [-0.3, -0.25) is 4.90 Å². The summed E-state index contributed by atoms with van der Waals surface area (Å²) in [5.74, 6) is -0.251. The molecule has 0 N–H and O–H groups in total. The lowest BCUT2D eigenvalue weighted by Crippen LogP contribution is -2.42. The minimum atomic E-state index is -0.531. The largest absolute Gasteiger partial charge is 0.437 e. The Labute approximate surface area is 66.6 Å². The maximum Gasteiger partial charge on any atom is 0.332 e. The van der Waals surface area contributed by atoms with Crippen molar-refractivity contribution in [3.8, 4) is 0 Å². The lowest BCUT2D eigenvalue weighted by atomic mass is 10.1. The molecule has 0 aliphatic carbocycles. The first-order valence-corrected chi connectivity index (χ1v) is 3.56. The van der Waals surface area contributed by atoms with Crippen molar-refractivity contribution < 1.29 is 9.53 Å². The monoisotopic (exact) mass is 155 g/mol. The summed E-state index contributed by atoms with van der Waals surface area (Å²) in [6.07, 6.45) is 1.53. The molecule has 3 heteroatoms. The van der Waals surface area contributed by atoms with E-state index in [9.17, 15) is 4.79 Å². The molecule has 1 rings (SSSR count). The Bertz CT molecular complexity index is 220. The van der Waals surface area contributed by atoms with Crippen LogP contribution in [0.15, 0.2) is 11.6 Å². The van der Waals surface area contributed by atoms with Crippen molar-refractivity contribution in [2.24, 2.45) is 0 Å². The Morgan fingerprint density at radius 1 is 1.55 bits per heavy atom. The zero-order valence-electron chi connectivity index (χ0n) is 7.34. The third kappa shape index (κ3) is 1.16. The molecule has 1 heterocycles. The standard InChI is InChI=1S/C8H13NO2/c1-6-5-7(10)11-8(6,2)9(3)4/h5H,1-4H3. The molecule has 0 aromatic heterocycles. The van der Waals surface area contributed by atoms with Crippen LogP contribution in [0.4, 0.5) is 0 Å². The van der Waals surface area contributed by atoms with E-state index >= 15 is 0 Å². The van der Waals surface area contributed by atoms with Gasteiger partial charge < -0.3 is 4.74 Å². The number of hydrogen-bond acceptors (Lipinski definition) is 3. The average molecular weight is 155 g/mol. The summed E-state index contributed by atoms with van der Waals surface area (Å²) in [6.45, 7) is 3.77. The van der Waals surface area contributed by atoms with E-state index in [0.717, 1.165) is 5.57 Å². The van der Waals surface area contributed by atoms with Gasteiger partial charge in [-0.25, -0.2) is 4.79 Å². The maximum absolute atomic E-state index is 10.8. The van der Waals surface area contributed by atoms with Crippen LogP contribution in [0.1, 0.15) is 13.8 Å². The minimum absolute atomic E-state index is 0.251. The molecular formula is C8H13NO2. The van der Waals surface area contributed by atoms with Gasteiger partial charge >= 0.3 is 5.97 Å². The third-order valence-electron chi connectivity index (χ3n) is 2.22. The quantitative estimate of drug-likeness (QED) is 0.524. The van der Waals surface area contributed by atoms with Crippen LogP contribution in [-0.2, 0) is 9.53 Å². The van der Waals surface area contributed by atoms with Crippen LogP contribution in [-0.4, -0.2) is 30.7 Å². The van der Waals surface area contributed by atoms with Gasteiger partial charge in [0, 0.05) is 6.08 Å². The second kappa shape index (κ2) is 2.34. The number of esters is 1. The van der Waals surface area contributed by atoms with Gasteiger partial charge in [-0.2, -0.15) is 0 Å². The third-order valence-corrected chi connectivity index (χ3v) is 2.22. The second-order valence-corrected chi connectivity index (χ2v) is 3.13. The Balaban J connectivity index is 2.92. The molecule has 0 amide bonds. The predicted octanol–water partition coefficient (Wildman–Crippen LogP) is 0.767. The van der Waals surface area contributed by atoms with Crippen molar-refractivity contribution in [1.29, 1.82) is 0 Å². The molecule has 0 saturated heterocycles. The topological polar surface area (TPSA) is 29.5 Å². The van der Waals surface area contributed by atoms with Gasteiger partial charge in [0.15, 0.2) is 5.72 Å². The first-order chi connectivity index (χ1) is 4.97. The molecule has 11 heavy (non-hydrogen) atoms. The summed E-state index contributed by atoms with van der Waals surface area (Å²) in [5.41, 5.74) is 0.421. The van der Waals surface area contributed by atoms with E-state index in [2.05, 4.69) is 0 Å². The lowest BCUT2D eigenvalue weighted by molar-refractivity contribution is -0.156. The summed E-state index contributed by atoms with van der Waals surface area (Å²) in [5, 5.41) is 0. The van der Waals surface area contributed by atoms with Crippen molar-refractivity contribution in [3.63, 3.8) is 0 Å². The van der Waals surface area contributed by atoms with E-state index in [4.69, 9.17) is 4.74 Å². The molecule has 0 aromatic carbocycles. The molecule has 1 atom stereocenters. The highest BCUT2D eigenvalue weighted by atomic mass is 16.6. The first kappa shape index (κ1) is 8.27. The summed E-state index contributed by atoms with van der Waals surface area (Å²) < 4.78 is 5.12. The van der Waals surface area contributed by atoms with E-state index in [1.807, 2.05) is 32.8 Å². The fourth-order valence-electron chi connectivity index (χ4n) is 1.06. The van der Waals surface area contributed by atoms with E-state index in [1.54, 1.807) is 0 Å². The molecule has 0 radical (unpaired) electrons. The number of cyclic esters (lactones) is 1. The van der Waals surface area contributed by atoms with Crippen LogP contribution in [0, 0.1) is 0 Å². The van der Waals surface area contributed by atoms with E-state index in [0.29, 0.717) is 0 Å². The predicted molar refractivity (Wildman–Crippen MR) is 41.9 cm³/mol. The number of hydrogen-bond donors (Lipinski definition) is 0. The normalized spacial score (nSPS) is 30.6. The summed E-state index contributed by atoms with van der Waals surface area (Å²) >= 11 is 0. The van der Waals surface area contributed by atoms with Crippen molar-refractivity contribution in [3.05, 3.63) is 11.6 Å². The Morgan fingerprint density at radius 2 is 2.09 bits per heavy atom. The van der Waals surface area contributed by atoms with Gasteiger partial charge in [0.05, 0.1) is 0 Å². The van der Waals surface area contributed by atoms with Gasteiger partial charge in [0.25, 0.3) is 0 Å². The first-order valence-electron chi connectivity index (χ1n) is 3.56. The molecule has 1 aliphatic heterocycles. The zero-order valence-corrected chi connectivity index (χ0v) is 7.34. The summed E-state index contributed by atoms with van der Waals surface area (Å²) in [6, 6.07) is 0. The highest BCUT2D eigenvalue weighted by molar-refractivity contribution is 5.86. The summed E-state index contributed by atoms with van der Waals surface area (Å²) in [7, 11) is 3.77. The zero-order chi connectivity index (χ0) is 8.65. The molecule has 3 nitrogen and oxygen atoms in total. The SMILES string of the molecule is CC1=CC(=O)OC1(C)N(C)C. The number of carbonyl (C=O) groups excluding carboxylic acids is 1. The van der Waals surface area contributed by atoms with E-state index in [1.165, 1.54) is 6.08 Å². The van der Waals surface area contributed by atoms with E-state index in [-0.39, 0.29) is 5.97 Å². The van der Waals surface area contributed by atoms with Crippen molar-refractivity contribution >= 4 is 5.97 Å².